The zero-order valence-corrected chi connectivity index (χ0v) is 12.7. The molecule has 1 saturated heterocycles. The molecule has 7 heteroatoms. The summed E-state index contributed by atoms with van der Waals surface area (Å²) < 4.78 is 0. The number of nitrogen functional groups attached to an aromatic ring is 1. The minimum absolute atomic E-state index is 0.0861. The van der Waals surface area contributed by atoms with Crippen LogP contribution in [0.15, 0.2) is 0 Å². The zero-order valence-electron chi connectivity index (χ0n) is 11.9. The normalized spacial score (nSPS) is 24.5. The van der Waals surface area contributed by atoms with Crippen molar-refractivity contribution in [3.63, 3.8) is 0 Å². The third-order valence-corrected chi connectivity index (χ3v) is 5.19. The van der Waals surface area contributed by atoms with Gasteiger partial charge in [-0.25, -0.2) is 4.98 Å². The van der Waals surface area contributed by atoms with E-state index >= 15 is 0 Å². The third kappa shape index (κ3) is 2.60. The second kappa shape index (κ2) is 4.89. The van der Waals surface area contributed by atoms with Crippen molar-refractivity contribution in [1.29, 1.82) is 0 Å². The molecule has 1 unspecified atom stereocenters. The maximum atomic E-state index is 12.2. The van der Waals surface area contributed by atoms with Crippen LogP contribution in [0.1, 0.15) is 29.9 Å². The molecule has 2 fully saturated rings. The van der Waals surface area contributed by atoms with E-state index in [1.807, 2.05) is 0 Å². The lowest BCUT2D eigenvalue weighted by molar-refractivity contribution is 0.0951. The van der Waals surface area contributed by atoms with Gasteiger partial charge in [0.1, 0.15) is 10.7 Å². The highest BCUT2D eigenvalue weighted by Crippen LogP contribution is 2.45. The number of carbonyl (C=O) groups excluding carboxylic acids is 1. The van der Waals surface area contributed by atoms with Gasteiger partial charge in [-0.3, -0.25) is 4.79 Å². The van der Waals surface area contributed by atoms with E-state index in [-0.39, 0.29) is 17.4 Å². The molecule has 20 heavy (non-hydrogen) atoms. The molecule has 1 amide bonds. The maximum Gasteiger partial charge on any atom is 0.265 e. The number of piperazine rings is 1. The first-order chi connectivity index (χ1) is 9.47. The fourth-order valence-corrected chi connectivity index (χ4v) is 3.35. The van der Waals surface area contributed by atoms with Crippen LogP contribution >= 0.6 is 11.3 Å². The number of nitrogens with one attached hydrogen (secondary N) is 2. The third-order valence-electron chi connectivity index (χ3n) is 4.05. The first kappa shape index (κ1) is 13.6. The molecule has 1 aromatic heterocycles. The summed E-state index contributed by atoms with van der Waals surface area (Å²) in [6.07, 6.45) is 1.03. The molecule has 2 heterocycles. The van der Waals surface area contributed by atoms with Gasteiger partial charge in [0.15, 0.2) is 5.13 Å². The molecule has 0 spiro atoms. The van der Waals surface area contributed by atoms with E-state index in [2.05, 4.69) is 34.4 Å². The van der Waals surface area contributed by atoms with Crippen molar-refractivity contribution in [3.8, 4) is 0 Å². The summed E-state index contributed by atoms with van der Waals surface area (Å²) >= 11 is 1.39. The fourth-order valence-electron chi connectivity index (χ4n) is 2.41. The van der Waals surface area contributed by atoms with Crippen LogP contribution in [0.2, 0.25) is 0 Å². The Morgan fingerprint density at radius 2 is 2.15 bits per heavy atom. The molecule has 0 aromatic carbocycles. The van der Waals surface area contributed by atoms with Crippen LogP contribution in [-0.2, 0) is 0 Å². The molecule has 1 aliphatic carbocycles. The van der Waals surface area contributed by atoms with E-state index in [1.165, 1.54) is 11.3 Å². The predicted octanol–water partition coefficient (Wildman–Crippen LogP) is 0.663. The van der Waals surface area contributed by atoms with Crippen LogP contribution in [0, 0.1) is 5.41 Å². The molecule has 1 saturated carbocycles. The van der Waals surface area contributed by atoms with Crippen molar-refractivity contribution in [2.75, 3.05) is 36.8 Å². The van der Waals surface area contributed by atoms with Gasteiger partial charge in [0.2, 0.25) is 0 Å². The van der Waals surface area contributed by atoms with E-state index in [0.717, 1.165) is 37.7 Å². The van der Waals surface area contributed by atoms with Gasteiger partial charge >= 0.3 is 0 Å². The number of amides is 1. The molecule has 4 N–H and O–H groups in total. The molecule has 0 bridgehead atoms. The number of nitrogens with zero attached hydrogens (tertiary/aromatic N) is 2. The topological polar surface area (TPSA) is 83.3 Å². The summed E-state index contributed by atoms with van der Waals surface area (Å²) in [7, 11) is 0. The summed E-state index contributed by atoms with van der Waals surface area (Å²) in [5, 5.41) is 7.19. The lowest BCUT2D eigenvalue weighted by Crippen LogP contribution is -2.43. The number of hydrogen-bond donors (Lipinski definition) is 3. The minimum Gasteiger partial charge on any atom is -0.382 e. The van der Waals surface area contributed by atoms with Crippen LogP contribution in [0.4, 0.5) is 10.9 Å². The molecule has 110 valence electrons. The highest BCUT2D eigenvalue weighted by atomic mass is 32.1. The molecule has 6 nitrogen and oxygen atoms in total. The Kier molecular flexibility index (Phi) is 3.33. The second-order valence-corrected chi connectivity index (χ2v) is 7.14. The van der Waals surface area contributed by atoms with E-state index < -0.39 is 0 Å². The van der Waals surface area contributed by atoms with Gasteiger partial charge in [-0.1, -0.05) is 25.2 Å². The average molecular weight is 295 g/mol. The van der Waals surface area contributed by atoms with Crippen LogP contribution in [0.3, 0.4) is 0 Å². The van der Waals surface area contributed by atoms with E-state index in [9.17, 15) is 4.79 Å². The Hall–Kier alpha value is -1.34. The van der Waals surface area contributed by atoms with E-state index in [0.29, 0.717) is 10.7 Å². The van der Waals surface area contributed by atoms with Crippen molar-refractivity contribution in [2.45, 2.75) is 26.3 Å². The Morgan fingerprint density at radius 3 is 2.75 bits per heavy atom. The van der Waals surface area contributed by atoms with Crippen molar-refractivity contribution in [2.24, 2.45) is 5.41 Å². The number of aromatic nitrogens is 1. The predicted molar refractivity (Wildman–Crippen MR) is 81.3 cm³/mol. The smallest absolute Gasteiger partial charge is 0.265 e. The SMILES string of the molecule is CC1(C)CC1NC(=O)c1sc(N2CCNCC2)nc1N. The van der Waals surface area contributed by atoms with Gasteiger partial charge in [-0.2, -0.15) is 0 Å². The molecule has 2 aliphatic rings. The quantitative estimate of drug-likeness (QED) is 0.763. The van der Waals surface area contributed by atoms with Gasteiger partial charge < -0.3 is 21.3 Å². The maximum absolute atomic E-state index is 12.2. The molecule has 0 radical (unpaired) electrons. The standard InChI is InChI=1S/C13H21N5OS/c1-13(2)7-8(13)16-11(19)9-10(14)17-12(20-9)18-5-3-15-4-6-18/h8,15H,3-7,14H2,1-2H3,(H,16,19). The Bertz CT molecular complexity index is 521. The van der Waals surface area contributed by atoms with Gasteiger partial charge in [0.05, 0.1) is 0 Å². The summed E-state index contributed by atoms with van der Waals surface area (Å²) in [4.78, 5) is 19.3. The Labute approximate surface area is 122 Å². The number of hydrogen-bond acceptors (Lipinski definition) is 6. The molecule has 1 atom stereocenters. The fraction of sp³-hybridized carbons (Fsp3) is 0.692. The first-order valence-electron chi connectivity index (χ1n) is 7.00. The van der Waals surface area contributed by atoms with Crippen LogP contribution in [0.5, 0.6) is 0 Å². The van der Waals surface area contributed by atoms with Gasteiger partial charge in [-0.05, 0) is 11.8 Å². The van der Waals surface area contributed by atoms with Crippen molar-refractivity contribution >= 4 is 28.2 Å². The molecular weight excluding hydrogens is 274 g/mol. The number of carbonyl (C=O) groups is 1. The van der Waals surface area contributed by atoms with E-state index in [4.69, 9.17) is 5.73 Å². The lowest BCUT2D eigenvalue weighted by Gasteiger charge is -2.26. The highest BCUT2D eigenvalue weighted by Gasteiger charge is 2.46. The Morgan fingerprint density at radius 1 is 1.50 bits per heavy atom. The Balaban J connectivity index is 1.70. The number of thiazole rings is 1. The first-order valence-corrected chi connectivity index (χ1v) is 7.82. The van der Waals surface area contributed by atoms with Gasteiger partial charge in [0.25, 0.3) is 5.91 Å². The second-order valence-electron chi connectivity index (χ2n) is 6.17. The van der Waals surface area contributed by atoms with Crippen molar-refractivity contribution < 1.29 is 4.79 Å². The monoisotopic (exact) mass is 295 g/mol. The summed E-state index contributed by atoms with van der Waals surface area (Å²) in [6.45, 7) is 8.00. The molecule has 1 aliphatic heterocycles. The number of anilines is 2. The van der Waals surface area contributed by atoms with Crippen molar-refractivity contribution in [1.82, 2.24) is 15.6 Å². The summed E-state index contributed by atoms with van der Waals surface area (Å²) in [5.41, 5.74) is 6.13. The largest absolute Gasteiger partial charge is 0.382 e. The molecule has 3 rings (SSSR count). The minimum atomic E-state index is -0.0861. The molecular formula is C13H21N5OS. The zero-order chi connectivity index (χ0) is 14.3. The summed E-state index contributed by atoms with van der Waals surface area (Å²) in [5.74, 6) is 0.261. The average Bonchev–Trinajstić information content (AvgIpc) is 2.84. The van der Waals surface area contributed by atoms with Crippen LogP contribution < -0.4 is 21.3 Å². The van der Waals surface area contributed by atoms with Gasteiger partial charge in [0, 0.05) is 32.2 Å². The van der Waals surface area contributed by atoms with Crippen molar-refractivity contribution in [3.05, 3.63) is 4.88 Å². The molecule has 1 aromatic rings. The van der Waals surface area contributed by atoms with Crippen LogP contribution in [-0.4, -0.2) is 43.1 Å². The lowest BCUT2D eigenvalue weighted by atomic mass is 10.2. The highest BCUT2D eigenvalue weighted by molar-refractivity contribution is 7.18. The summed E-state index contributed by atoms with van der Waals surface area (Å²) in [6, 6.07) is 0.263. The van der Waals surface area contributed by atoms with Crippen LogP contribution in [0.25, 0.3) is 0 Å². The van der Waals surface area contributed by atoms with E-state index in [1.54, 1.807) is 0 Å². The van der Waals surface area contributed by atoms with Gasteiger partial charge in [-0.15, -0.1) is 0 Å². The number of nitrogens with two attached hydrogens (primary N) is 1. The number of rotatable bonds is 3.